The van der Waals surface area contributed by atoms with E-state index in [9.17, 15) is 0 Å². The summed E-state index contributed by atoms with van der Waals surface area (Å²) in [7, 11) is 0. The number of hydrogen-bond acceptors (Lipinski definition) is 6. The normalized spacial score (nSPS) is 11.4. The lowest BCUT2D eigenvalue weighted by Gasteiger charge is -2.21. The van der Waals surface area contributed by atoms with Gasteiger partial charge in [-0.3, -0.25) is 0 Å². The molecule has 0 radical (unpaired) electrons. The van der Waals surface area contributed by atoms with E-state index in [1.807, 2.05) is 36.4 Å². The maximum atomic E-state index is 6.11. The van der Waals surface area contributed by atoms with E-state index in [1.54, 1.807) is 23.9 Å². The molecule has 0 bridgehead atoms. The molecule has 6 heteroatoms. The van der Waals surface area contributed by atoms with Crippen LogP contribution in [0.3, 0.4) is 0 Å². The van der Waals surface area contributed by atoms with Gasteiger partial charge in [0.1, 0.15) is 23.2 Å². The van der Waals surface area contributed by atoms with E-state index in [0.29, 0.717) is 12.1 Å². The maximum absolute atomic E-state index is 6.11. The van der Waals surface area contributed by atoms with Crippen molar-refractivity contribution in [2.24, 2.45) is 0 Å². The first-order chi connectivity index (χ1) is 12.9. The Morgan fingerprint density at radius 2 is 1.92 bits per heavy atom. The van der Waals surface area contributed by atoms with Gasteiger partial charge < -0.3 is 13.7 Å². The molecule has 0 aliphatic rings. The van der Waals surface area contributed by atoms with Crippen molar-refractivity contribution in [2.45, 2.75) is 13.1 Å². The van der Waals surface area contributed by atoms with Crippen molar-refractivity contribution in [1.29, 1.82) is 0 Å². The molecule has 1 aromatic carbocycles. The molecule has 128 valence electrons. The molecule has 0 fully saturated rings. The average molecular weight is 361 g/mol. The predicted molar refractivity (Wildman–Crippen MR) is 102 cm³/mol. The van der Waals surface area contributed by atoms with E-state index in [1.165, 1.54) is 4.88 Å². The number of hydrogen-bond donors (Lipinski definition) is 0. The third-order valence-corrected chi connectivity index (χ3v) is 5.15. The summed E-state index contributed by atoms with van der Waals surface area (Å²) in [4.78, 5) is 12.4. The summed E-state index contributed by atoms with van der Waals surface area (Å²) < 4.78 is 11.7. The SMILES string of the molecule is c1coc(CN(Cc2cccs2)c2ncnc3c2oc2ccccc23)c1. The molecule has 0 N–H and O–H groups in total. The summed E-state index contributed by atoms with van der Waals surface area (Å²) in [6.07, 6.45) is 3.29. The molecular weight excluding hydrogens is 346 g/mol. The van der Waals surface area contributed by atoms with Crippen LogP contribution in [0.2, 0.25) is 0 Å². The van der Waals surface area contributed by atoms with E-state index in [-0.39, 0.29) is 0 Å². The summed E-state index contributed by atoms with van der Waals surface area (Å²) in [5, 5.41) is 3.08. The molecule has 0 saturated heterocycles. The minimum absolute atomic E-state index is 0.605. The molecule has 5 rings (SSSR count). The number of fused-ring (bicyclic) bond motifs is 3. The second kappa shape index (κ2) is 6.31. The summed E-state index contributed by atoms with van der Waals surface area (Å²) >= 11 is 1.72. The zero-order valence-corrected chi connectivity index (χ0v) is 14.6. The third kappa shape index (κ3) is 2.64. The molecule has 5 nitrogen and oxygen atoms in total. The van der Waals surface area contributed by atoms with Crippen LogP contribution in [0.25, 0.3) is 22.1 Å². The van der Waals surface area contributed by atoms with Crippen LogP contribution in [0.15, 0.2) is 75.3 Å². The number of thiophene rings is 1. The number of rotatable bonds is 5. The zero-order valence-electron chi connectivity index (χ0n) is 13.8. The van der Waals surface area contributed by atoms with Crippen LogP contribution in [0.5, 0.6) is 0 Å². The second-order valence-corrected chi connectivity index (χ2v) is 7.02. The Kier molecular flexibility index (Phi) is 3.68. The maximum Gasteiger partial charge on any atom is 0.196 e. The Balaban J connectivity index is 1.65. The molecular formula is C20H15N3O2S. The van der Waals surface area contributed by atoms with Gasteiger partial charge in [-0.05, 0) is 35.7 Å². The number of para-hydroxylation sites is 1. The molecule has 0 saturated carbocycles. The van der Waals surface area contributed by atoms with Crippen LogP contribution in [0.1, 0.15) is 10.6 Å². The molecule has 0 aliphatic heterocycles. The standard InChI is InChI=1S/C20H15N3O2S/c1-2-8-17-16(7-1)18-19(25-17)20(22-13-21-18)23(11-14-5-3-9-24-14)12-15-6-4-10-26-15/h1-10,13H,11-12H2. The van der Waals surface area contributed by atoms with Gasteiger partial charge >= 0.3 is 0 Å². The van der Waals surface area contributed by atoms with Gasteiger partial charge in [0.25, 0.3) is 0 Å². The fourth-order valence-corrected chi connectivity index (χ4v) is 3.84. The molecule has 0 spiro atoms. The zero-order chi connectivity index (χ0) is 17.3. The number of aromatic nitrogens is 2. The van der Waals surface area contributed by atoms with Gasteiger partial charge in [-0.1, -0.05) is 18.2 Å². The van der Waals surface area contributed by atoms with E-state index < -0.39 is 0 Å². The second-order valence-electron chi connectivity index (χ2n) is 5.99. The van der Waals surface area contributed by atoms with Crippen molar-refractivity contribution in [3.8, 4) is 0 Å². The Morgan fingerprint density at radius 3 is 2.77 bits per heavy atom. The number of benzene rings is 1. The summed E-state index contributed by atoms with van der Waals surface area (Å²) in [5.41, 5.74) is 2.36. The lowest BCUT2D eigenvalue weighted by atomic mass is 10.2. The predicted octanol–water partition coefficient (Wildman–Crippen LogP) is 5.24. The lowest BCUT2D eigenvalue weighted by Crippen LogP contribution is -2.22. The highest BCUT2D eigenvalue weighted by Gasteiger charge is 2.19. The highest BCUT2D eigenvalue weighted by Crippen LogP contribution is 2.33. The summed E-state index contributed by atoms with van der Waals surface area (Å²) in [6, 6.07) is 16.0. The first-order valence-electron chi connectivity index (χ1n) is 8.30. The lowest BCUT2D eigenvalue weighted by molar-refractivity contribution is 0.500. The van der Waals surface area contributed by atoms with E-state index in [2.05, 4.69) is 32.4 Å². The molecule has 0 unspecified atom stereocenters. The van der Waals surface area contributed by atoms with Crippen LogP contribution in [0, 0.1) is 0 Å². The highest BCUT2D eigenvalue weighted by molar-refractivity contribution is 7.09. The van der Waals surface area contributed by atoms with Gasteiger partial charge in [0, 0.05) is 10.3 Å². The number of furan rings is 2. The van der Waals surface area contributed by atoms with Crippen molar-refractivity contribution in [2.75, 3.05) is 4.90 Å². The van der Waals surface area contributed by atoms with Crippen molar-refractivity contribution in [1.82, 2.24) is 9.97 Å². The van der Waals surface area contributed by atoms with Crippen LogP contribution in [-0.2, 0) is 13.1 Å². The summed E-state index contributed by atoms with van der Waals surface area (Å²) in [5.74, 6) is 1.65. The number of anilines is 1. The minimum atomic E-state index is 0.605. The van der Waals surface area contributed by atoms with Gasteiger partial charge in [-0.2, -0.15) is 0 Å². The molecule has 4 aromatic heterocycles. The molecule has 5 aromatic rings. The van der Waals surface area contributed by atoms with Crippen LogP contribution in [0.4, 0.5) is 5.82 Å². The monoisotopic (exact) mass is 361 g/mol. The third-order valence-electron chi connectivity index (χ3n) is 4.29. The minimum Gasteiger partial charge on any atom is -0.467 e. The molecule has 0 aliphatic carbocycles. The summed E-state index contributed by atoms with van der Waals surface area (Å²) in [6.45, 7) is 1.33. The van der Waals surface area contributed by atoms with Gasteiger partial charge in [-0.15, -0.1) is 11.3 Å². The molecule has 26 heavy (non-hydrogen) atoms. The Morgan fingerprint density at radius 1 is 0.962 bits per heavy atom. The quantitative estimate of drug-likeness (QED) is 0.429. The van der Waals surface area contributed by atoms with Crippen LogP contribution < -0.4 is 4.90 Å². The fraction of sp³-hybridized carbons (Fsp3) is 0.100. The highest BCUT2D eigenvalue weighted by atomic mass is 32.1. The Hall–Kier alpha value is -3.12. The van der Waals surface area contributed by atoms with Crippen molar-refractivity contribution in [3.05, 3.63) is 77.1 Å². The van der Waals surface area contributed by atoms with Gasteiger partial charge in [0.05, 0.1) is 19.4 Å². The first kappa shape index (κ1) is 15.2. The Labute approximate surface area is 153 Å². The number of nitrogens with zero attached hydrogens (tertiary/aromatic N) is 3. The largest absolute Gasteiger partial charge is 0.467 e. The van der Waals surface area contributed by atoms with Crippen LogP contribution in [-0.4, -0.2) is 9.97 Å². The molecule has 4 heterocycles. The van der Waals surface area contributed by atoms with E-state index in [4.69, 9.17) is 8.83 Å². The van der Waals surface area contributed by atoms with Crippen molar-refractivity contribution >= 4 is 39.2 Å². The molecule has 0 atom stereocenters. The van der Waals surface area contributed by atoms with Crippen LogP contribution >= 0.6 is 11.3 Å². The van der Waals surface area contributed by atoms with E-state index in [0.717, 1.165) is 34.6 Å². The van der Waals surface area contributed by atoms with Gasteiger partial charge in [-0.25, -0.2) is 9.97 Å². The molecule has 0 amide bonds. The average Bonchev–Trinajstić information content (AvgIpc) is 3.42. The first-order valence-corrected chi connectivity index (χ1v) is 9.18. The Bertz CT molecular complexity index is 1110. The van der Waals surface area contributed by atoms with Crippen molar-refractivity contribution < 1.29 is 8.83 Å². The van der Waals surface area contributed by atoms with Gasteiger partial charge in [0.15, 0.2) is 11.4 Å². The van der Waals surface area contributed by atoms with Crippen molar-refractivity contribution in [3.63, 3.8) is 0 Å². The topological polar surface area (TPSA) is 55.3 Å². The van der Waals surface area contributed by atoms with Gasteiger partial charge in [0.2, 0.25) is 0 Å². The smallest absolute Gasteiger partial charge is 0.196 e. The van der Waals surface area contributed by atoms with E-state index >= 15 is 0 Å². The fourth-order valence-electron chi connectivity index (χ4n) is 3.12.